The molecule has 2 saturated carbocycles. The third-order valence-corrected chi connectivity index (χ3v) is 6.60. The molecule has 2 aliphatic rings. The minimum Gasteiger partial charge on any atom is -0.363 e. The number of pyridine rings is 2. The van der Waals surface area contributed by atoms with Gasteiger partial charge in [0.1, 0.15) is 17.3 Å². The fraction of sp³-hybridized carbons (Fsp3) is 0.500. The van der Waals surface area contributed by atoms with Gasteiger partial charge in [-0.3, -0.25) is 4.98 Å². The first-order valence-corrected chi connectivity index (χ1v) is 11.2. The highest BCUT2D eigenvalue weighted by Gasteiger charge is 2.47. The van der Waals surface area contributed by atoms with Gasteiger partial charge in [-0.1, -0.05) is 37.8 Å². The van der Waals surface area contributed by atoms with Gasteiger partial charge in [-0.05, 0) is 42.5 Å². The molecule has 5 rings (SSSR count). The topological polar surface area (TPSA) is 59.7 Å². The van der Waals surface area contributed by atoms with Crippen LogP contribution in [-0.2, 0) is 13.0 Å². The number of hydrogen-bond donors (Lipinski definition) is 0. The quantitative estimate of drug-likeness (QED) is 0.588. The molecule has 156 valence electrons. The molecule has 0 radical (unpaired) electrons. The Morgan fingerprint density at radius 2 is 1.90 bits per heavy atom. The monoisotopic (exact) mass is 402 g/mol. The maximum absolute atomic E-state index is 5.03. The zero-order valence-electron chi connectivity index (χ0n) is 17.9. The SMILES string of the molecule is CN(C)c1cccc(-c2nc(C3CC3C3CCCC3)n(CCc3ccccn3)n2)n1. The molecule has 6 nitrogen and oxygen atoms in total. The normalized spacial score (nSPS) is 21.1. The second-order valence-corrected chi connectivity index (χ2v) is 8.91. The van der Waals surface area contributed by atoms with Crippen molar-refractivity contribution in [1.29, 1.82) is 0 Å². The van der Waals surface area contributed by atoms with E-state index in [4.69, 9.17) is 15.1 Å². The fourth-order valence-electron chi connectivity index (χ4n) is 4.88. The number of aryl methyl sites for hydroxylation is 2. The van der Waals surface area contributed by atoms with E-state index in [9.17, 15) is 0 Å². The smallest absolute Gasteiger partial charge is 0.200 e. The van der Waals surface area contributed by atoms with Crippen molar-refractivity contribution in [2.75, 3.05) is 19.0 Å². The second-order valence-electron chi connectivity index (χ2n) is 8.91. The third-order valence-electron chi connectivity index (χ3n) is 6.60. The third kappa shape index (κ3) is 3.95. The minimum atomic E-state index is 0.551. The van der Waals surface area contributed by atoms with E-state index in [1.807, 2.05) is 55.5 Å². The Hall–Kier alpha value is -2.76. The first-order chi connectivity index (χ1) is 14.7. The average molecular weight is 403 g/mol. The summed E-state index contributed by atoms with van der Waals surface area (Å²) in [6, 6.07) is 12.1. The highest BCUT2D eigenvalue weighted by molar-refractivity contribution is 5.53. The molecule has 30 heavy (non-hydrogen) atoms. The van der Waals surface area contributed by atoms with Crippen LogP contribution in [0.1, 0.15) is 49.5 Å². The Bertz CT molecular complexity index is 990. The number of rotatable bonds is 7. The number of aromatic nitrogens is 5. The van der Waals surface area contributed by atoms with E-state index in [1.54, 1.807) is 0 Å². The van der Waals surface area contributed by atoms with Crippen LogP contribution in [0.5, 0.6) is 0 Å². The van der Waals surface area contributed by atoms with Crippen LogP contribution in [0.25, 0.3) is 11.5 Å². The minimum absolute atomic E-state index is 0.551. The molecule has 0 bridgehead atoms. The number of anilines is 1. The summed E-state index contributed by atoms with van der Waals surface area (Å²) in [5, 5.41) is 4.92. The van der Waals surface area contributed by atoms with E-state index in [0.717, 1.165) is 53.7 Å². The van der Waals surface area contributed by atoms with Crippen LogP contribution in [0.3, 0.4) is 0 Å². The summed E-state index contributed by atoms with van der Waals surface area (Å²) in [7, 11) is 4.01. The Balaban J connectivity index is 1.42. The van der Waals surface area contributed by atoms with Gasteiger partial charge >= 0.3 is 0 Å². The van der Waals surface area contributed by atoms with Crippen molar-refractivity contribution in [3.05, 3.63) is 54.1 Å². The predicted octanol–water partition coefficient (Wildman–Crippen LogP) is 4.34. The largest absolute Gasteiger partial charge is 0.363 e. The van der Waals surface area contributed by atoms with Gasteiger partial charge in [0.15, 0.2) is 5.82 Å². The summed E-state index contributed by atoms with van der Waals surface area (Å²) in [6.45, 7) is 0.806. The van der Waals surface area contributed by atoms with E-state index in [1.165, 1.54) is 32.1 Å². The van der Waals surface area contributed by atoms with Gasteiger partial charge in [-0.25, -0.2) is 14.6 Å². The van der Waals surface area contributed by atoms with Gasteiger partial charge in [-0.15, -0.1) is 5.10 Å². The molecule has 2 fully saturated rings. The fourth-order valence-corrected chi connectivity index (χ4v) is 4.88. The van der Waals surface area contributed by atoms with E-state index in [0.29, 0.717) is 5.92 Å². The summed E-state index contributed by atoms with van der Waals surface area (Å²) in [4.78, 5) is 16.3. The van der Waals surface area contributed by atoms with Crippen LogP contribution in [0.2, 0.25) is 0 Å². The van der Waals surface area contributed by atoms with Crippen molar-refractivity contribution >= 4 is 5.82 Å². The van der Waals surface area contributed by atoms with Gasteiger partial charge in [-0.2, -0.15) is 0 Å². The molecule has 0 aliphatic heterocycles. The lowest BCUT2D eigenvalue weighted by Crippen LogP contribution is -2.10. The maximum atomic E-state index is 5.03. The van der Waals surface area contributed by atoms with Crippen molar-refractivity contribution in [2.45, 2.75) is 51.0 Å². The van der Waals surface area contributed by atoms with Crippen LogP contribution in [0, 0.1) is 11.8 Å². The molecule has 0 N–H and O–H groups in total. The molecule has 0 aromatic carbocycles. The first kappa shape index (κ1) is 19.2. The lowest BCUT2D eigenvalue weighted by Gasteiger charge is -2.10. The lowest BCUT2D eigenvalue weighted by molar-refractivity contribution is 0.458. The predicted molar refractivity (Wildman–Crippen MR) is 118 cm³/mol. The molecule has 6 heteroatoms. The summed E-state index contributed by atoms with van der Waals surface area (Å²) in [5.41, 5.74) is 1.94. The van der Waals surface area contributed by atoms with Crippen LogP contribution in [-0.4, -0.2) is 38.8 Å². The van der Waals surface area contributed by atoms with E-state index in [-0.39, 0.29) is 0 Å². The van der Waals surface area contributed by atoms with Gasteiger partial charge in [0.25, 0.3) is 0 Å². The summed E-state index contributed by atoms with van der Waals surface area (Å²) in [6.07, 6.45) is 9.56. The van der Waals surface area contributed by atoms with Crippen LogP contribution >= 0.6 is 0 Å². The maximum Gasteiger partial charge on any atom is 0.200 e. The Morgan fingerprint density at radius 3 is 2.67 bits per heavy atom. The molecule has 2 aliphatic carbocycles. The summed E-state index contributed by atoms with van der Waals surface area (Å²) >= 11 is 0. The molecule has 3 aromatic rings. The Kier molecular flexibility index (Phi) is 5.23. The number of hydrogen-bond acceptors (Lipinski definition) is 5. The van der Waals surface area contributed by atoms with Crippen LogP contribution < -0.4 is 4.90 Å². The van der Waals surface area contributed by atoms with Gasteiger partial charge in [0, 0.05) is 44.9 Å². The van der Waals surface area contributed by atoms with Gasteiger partial charge in [0.2, 0.25) is 0 Å². The van der Waals surface area contributed by atoms with Crippen LogP contribution in [0.4, 0.5) is 5.82 Å². The number of nitrogens with zero attached hydrogens (tertiary/aromatic N) is 6. The van der Waals surface area contributed by atoms with Gasteiger partial charge < -0.3 is 4.90 Å². The molecule has 2 unspecified atom stereocenters. The molecule has 0 amide bonds. The van der Waals surface area contributed by atoms with E-state index < -0.39 is 0 Å². The molecule has 3 heterocycles. The first-order valence-electron chi connectivity index (χ1n) is 11.2. The van der Waals surface area contributed by atoms with Crippen molar-refractivity contribution < 1.29 is 0 Å². The van der Waals surface area contributed by atoms with E-state index in [2.05, 4.69) is 15.7 Å². The molecule has 2 atom stereocenters. The van der Waals surface area contributed by atoms with Crippen molar-refractivity contribution in [2.24, 2.45) is 11.8 Å². The molecular formula is C24H30N6. The lowest BCUT2D eigenvalue weighted by atomic mass is 10.0. The van der Waals surface area contributed by atoms with Crippen molar-refractivity contribution in [3.63, 3.8) is 0 Å². The van der Waals surface area contributed by atoms with Crippen molar-refractivity contribution in [1.82, 2.24) is 24.7 Å². The Labute approximate surface area is 178 Å². The zero-order chi connectivity index (χ0) is 20.5. The van der Waals surface area contributed by atoms with Crippen LogP contribution in [0.15, 0.2) is 42.6 Å². The molecular weight excluding hydrogens is 372 g/mol. The van der Waals surface area contributed by atoms with E-state index >= 15 is 0 Å². The summed E-state index contributed by atoms with van der Waals surface area (Å²) < 4.78 is 2.13. The van der Waals surface area contributed by atoms with Gasteiger partial charge in [0.05, 0.1) is 0 Å². The zero-order valence-corrected chi connectivity index (χ0v) is 17.9. The Morgan fingerprint density at radius 1 is 1.03 bits per heavy atom. The highest BCUT2D eigenvalue weighted by Crippen LogP contribution is 2.55. The molecule has 0 spiro atoms. The summed E-state index contributed by atoms with van der Waals surface area (Å²) in [5.74, 6) is 5.04. The van der Waals surface area contributed by atoms with Crippen molar-refractivity contribution in [3.8, 4) is 11.5 Å². The second kappa shape index (κ2) is 8.17. The average Bonchev–Trinajstić information content (AvgIpc) is 3.18. The standard InChI is InChI=1S/C24H30N6/c1-29(2)22-12-7-11-21(26-22)23-27-24(20-16-19(20)17-8-3-4-9-17)30(28-23)15-13-18-10-5-6-14-25-18/h5-7,10-12,14,17,19-20H,3-4,8-9,13,15-16H2,1-2H3. The molecule has 0 saturated heterocycles. The molecule has 3 aromatic heterocycles. The highest BCUT2D eigenvalue weighted by atomic mass is 15.4.